The van der Waals surface area contributed by atoms with E-state index in [-0.39, 0.29) is 11.4 Å². The van der Waals surface area contributed by atoms with Crippen molar-refractivity contribution in [3.63, 3.8) is 0 Å². The minimum absolute atomic E-state index is 0.202. The molecular weight excluding hydrogens is 228 g/mol. The highest BCUT2D eigenvalue weighted by atomic mass is 16.7. The van der Waals surface area contributed by atoms with Gasteiger partial charge in [-0.1, -0.05) is 26.2 Å². The molecule has 3 rings (SSSR count). The third kappa shape index (κ3) is 2.21. The van der Waals surface area contributed by atoms with E-state index in [2.05, 4.69) is 13.8 Å². The molecule has 1 aliphatic carbocycles. The summed E-state index contributed by atoms with van der Waals surface area (Å²) in [6, 6.07) is 0. The molecule has 3 nitrogen and oxygen atoms in total. The third-order valence-corrected chi connectivity index (χ3v) is 5.00. The molecule has 0 amide bonds. The molecule has 3 aliphatic rings. The molecule has 1 saturated carbocycles. The van der Waals surface area contributed by atoms with Crippen molar-refractivity contribution < 1.29 is 14.2 Å². The van der Waals surface area contributed by atoms with Gasteiger partial charge in [0.25, 0.3) is 0 Å². The van der Waals surface area contributed by atoms with E-state index < -0.39 is 0 Å². The van der Waals surface area contributed by atoms with Crippen molar-refractivity contribution in [3.05, 3.63) is 0 Å². The summed E-state index contributed by atoms with van der Waals surface area (Å²) in [6.07, 6.45) is 9.25. The molecule has 0 radical (unpaired) electrons. The first-order valence-corrected chi connectivity index (χ1v) is 7.64. The molecule has 0 aromatic carbocycles. The molecule has 18 heavy (non-hydrogen) atoms. The van der Waals surface area contributed by atoms with Gasteiger partial charge in [0, 0.05) is 6.42 Å². The molecule has 0 bridgehead atoms. The van der Waals surface area contributed by atoms with Gasteiger partial charge in [-0.25, -0.2) is 0 Å². The van der Waals surface area contributed by atoms with E-state index in [1.165, 1.54) is 38.5 Å². The van der Waals surface area contributed by atoms with E-state index in [9.17, 15) is 0 Å². The second kappa shape index (κ2) is 4.77. The number of hydrogen-bond donors (Lipinski definition) is 0. The highest BCUT2D eigenvalue weighted by Crippen LogP contribution is 2.59. The molecular formula is C15H26O3. The monoisotopic (exact) mass is 254 g/mol. The van der Waals surface area contributed by atoms with Gasteiger partial charge in [0.05, 0.1) is 24.9 Å². The molecule has 0 aromatic heterocycles. The van der Waals surface area contributed by atoms with E-state index in [1.54, 1.807) is 0 Å². The van der Waals surface area contributed by atoms with Crippen LogP contribution in [0.4, 0.5) is 0 Å². The number of unbranched alkanes of at least 4 members (excludes halogenated alkanes) is 2. The van der Waals surface area contributed by atoms with Crippen molar-refractivity contribution in [2.75, 3.05) is 13.2 Å². The maximum atomic E-state index is 6.04. The molecule has 1 unspecified atom stereocenters. The van der Waals surface area contributed by atoms with Crippen molar-refractivity contribution >= 4 is 0 Å². The Balaban J connectivity index is 1.58. The highest BCUT2D eigenvalue weighted by molar-refractivity contribution is 5.12. The summed E-state index contributed by atoms with van der Waals surface area (Å²) >= 11 is 0. The van der Waals surface area contributed by atoms with Crippen molar-refractivity contribution in [2.24, 2.45) is 5.92 Å². The quantitative estimate of drug-likeness (QED) is 0.538. The number of ether oxygens (including phenoxy) is 3. The zero-order valence-corrected chi connectivity index (χ0v) is 11.7. The van der Waals surface area contributed by atoms with Crippen molar-refractivity contribution in [3.8, 4) is 0 Å². The normalized spacial score (nSPS) is 41.0. The van der Waals surface area contributed by atoms with Gasteiger partial charge in [0.2, 0.25) is 0 Å². The highest BCUT2D eigenvalue weighted by Gasteiger charge is 2.65. The van der Waals surface area contributed by atoms with Gasteiger partial charge in [-0.3, -0.25) is 0 Å². The standard InChI is InChI=1S/C15H26O3/c1-3-4-5-8-15-12(6-7-13(15)18-15)11-14(2)16-9-10-17-14/h12-13H,3-11H2,1-2H3/t12-,13?,15+/m1/s1. The number of fused-ring (bicyclic) bond motifs is 1. The fourth-order valence-corrected chi connectivity index (χ4v) is 3.96. The summed E-state index contributed by atoms with van der Waals surface area (Å²) < 4.78 is 17.6. The average Bonchev–Trinajstić information content (AvgIpc) is 2.73. The third-order valence-electron chi connectivity index (χ3n) is 5.00. The number of epoxide rings is 1. The summed E-state index contributed by atoms with van der Waals surface area (Å²) in [7, 11) is 0. The molecule has 104 valence electrons. The maximum absolute atomic E-state index is 6.04. The topological polar surface area (TPSA) is 31.0 Å². The Labute approximate surface area is 110 Å². The van der Waals surface area contributed by atoms with Crippen molar-refractivity contribution in [1.29, 1.82) is 0 Å². The predicted molar refractivity (Wildman–Crippen MR) is 69.4 cm³/mol. The summed E-state index contributed by atoms with van der Waals surface area (Å²) in [5, 5.41) is 0. The molecule has 0 N–H and O–H groups in total. The van der Waals surface area contributed by atoms with E-state index >= 15 is 0 Å². The lowest BCUT2D eigenvalue weighted by molar-refractivity contribution is -0.159. The zero-order chi connectivity index (χ0) is 12.6. The molecule has 3 fully saturated rings. The minimum Gasteiger partial charge on any atom is -0.366 e. The van der Waals surface area contributed by atoms with E-state index in [0.717, 1.165) is 19.6 Å². The van der Waals surface area contributed by atoms with Crippen LogP contribution in [0.5, 0.6) is 0 Å². The SMILES string of the molecule is CCCCC[C@@]12OC1CC[C@@H]2CC1(C)OCCO1. The van der Waals surface area contributed by atoms with E-state index in [1.807, 2.05) is 0 Å². The smallest absolute Gasteiger partial charge is 0.166 e. The summed E-state index contributed by atoms with van der Waals surface area (Å²) in [5.74, 6) is 0.297. The second-order valence-electron chi connectivity index (χ2n) is 6.33. The van der Waals surface area contributed by atoms with Crippen LogP contribution in [0, 0.1) is 5.92 Å². The van der Waals surface area contributed by atoms with Crippen molar-refractivity contribution in [1.82, 2.24) is 0 Å². The zero-order valence-electron chi connectivity index (χ0n) is 11.7. The molecule has 2 aliphatic heterocycles. The lowest BCUT2D eigenvalue weighted by Crippen LogP contribution is -2.34. The summed E-state index contributed by atoms with van der Waals surface area (Å²) in [6.45, 7) is 5.85. The van der Waals surface area contributed by atoms with Crippen LogP contribution >= 0.6 is 0 Å². The van der Waals surface area contributed by atoms with Crippen LogP contribution in [0.3, 0.4) is 0 Å². The molecule has 0 aromatic rings. The first-order valence-electron chi connectivity index (χ1n) is 7.64. The Kier molecular flexibility index (Phi) is 3.41. The fraction of sp³-hybridized carbons (Fsp3) is 1.00. The van der Waals surface area contributed by atoms with Gasteiger partial charge in [-0.2, -0.15) is 0 Å². The van der Waals surface area contributed by atoms with Gasteiger partial charge in [0.15, 0.2) is 5.79 Å². The second-order valence-corrected chi connectivity index (χ2v) is 6.33. The molecule has 2 heterocycles. The predicted octanol–water partition coefficient (Wildman–Crippen LogP) is 3.27. The van der Waals surface area contributed by atoms with Gasteiger partial charge >= 0.3 is 0 Å². The van der Waals surface area contributed by atoms with Crippen LogP contribution in [0.25, 0.3) is 0 Å². The minimum atomic E-state index is -0.344. The first kappa shape index (κ1) is 12.9. The Bertz CT molecular complexity index is 298. The lowest BCUT2D eigenvalue weighted by atomic mass is 9.85. The van der Waals surface area contributed by atoms with Crippen LogP contribution in [0.15, 0.2) is 0 Å². The Morgan fingerprint density at radius 2 is 1.89 bits per heavy atom. The summed E-state index contributed by atoms with van der Waals surface area (Å²) in [5.41, 5.74) is 0.202. The summed E-state index contributed by atoms with van der Waals surface area (Å²) in [4.78, 5) is 0. The van der Waals surface area contributed by atoms with Gasteiger partial charge in [0.1, 0.15) is 0 Å². The van der Waals surface area contributed by atoms with Crippen LogP contribution in [0.1, 0.15) is 58.8 Å². The van der Waals surface area contributed by atoms with Crippen LogP contribution in [-0.2, 0) is 14.2 Å². The van der Waals surface area contributed by atoms with E-state index in [0.29, 0.717) is 12.0 Å². The first-order chi connectivity index (χ1) is 8.69. The van der Waals surface area contributed by atoms with Crippen LogP contribution in [0.2, 0.25) is 0 Å². The number of hydrogen-bond acceptors (Lipinski definition) is 3. The molecule has 3 atom stereocenters. The van der Waals surface area contributed by atoms with Gasteiger partial charge in [-0.15, -0.1) is 0 Å². The van der Waals surface area contributed by atoms with Gasteiger partial charge < -0.3 is 14.2 Å². The number of rotatable bonds is 6. The molecule has 2 saturated heterocycles. The fourth-order valence-electron chi connectivity index (χ4n) is 3.96. The average molecular weight is 254 g/mol. The Morgan fingerprint density at radius 1 is 1.11 bits per heavy atom. The Hall–Kier alpha value is -0.120. The largest absolute Gasteiger partial charge is 0.366 e. The Morgan fingerprint density at radius 3 is 2.56 bits per heavy atom. The lowest BCUT2D eigenvalue weighted by Gasteiger charge is -2.29. The molecule has 0 spiro atoms. The molecule has 3 heteroatoms. The maximum Gasteiger partial charge on any atom is 0.166 e. The van der Waals surface area contributed by atoms with Gasteiger partial charge in [-0.05, 0) is 32.1 Å². The van der Waals surface area contributed by atoms with Crippen LogP contribution in [-0.4, -0.2) is 30.7 Å². The van der Waals surface area contributed by atoms with Crippen LogP contribution < -0.4 is 0 Å². The van der Waals surface area contributed by atoms with Crippen molar-refractivity contribution in [2.45, 2.75) is 76.3 Å². The van der Waals surface area contributed by atoms with E-state index in [4.69, 9.17) is 14.2 Å².